The van der Waals surface area contributed by atoms with Gasteiger partial charge in [0.15, 0.2) is 11.8 Å². The molecular formula is C34H42BrN5O4S. The highest BCUT2D eigenvalue weighted by Crippen LogP contribution is 2.39. The number of esters is 1. The first-order valence-corrected chi connectivity index (χ1v) is 17.0. The van der Waals surface area contributed by atoms with Gasteiger partial charge in [-0.25, -0.2) is 14.8 Å². The lowest BCUT2D eigenvalue weighted by atomic mass is 9.92. The number of fused-ring (bicyclic) bond motifs is 1. The second kappa shape index (κ2) is 13.7. The molecule has 0 spiro atoms. The monoisotopic (exact) mass is 695 g/mol. The van der Waals surface area contributed by atoms with Crippen molar-refractivity contribution in [2.24, 2.45) is 0 Å². The Hall–Kier alpha value is -3.12. The number of aromatic nitrogens is 4. The number of anilines is 1. The molecular weight excluding hydrogens is 654 g/mol. The summed E-state index contributed by atoms with van der Waals surface area (Å²) in [6.45, 7) is 17.6. The predicted octanol–water partition coefficient (Wildman–Crippen LogP) is 7.50. The van der Waals surface area contributed by atoms with E-state index in [4.69, 9.17) is 29.3 Å². The molecule has 1 aliphatic heterocycles. The van der Waals surface area contributed by atoms with Gasteiger partial charge in [-0.15, -0.1) is 17.9 Å². The Morgan fingerprint density at radius 2 is 1.98 bits per heavy atom. The highest BCUT2D eigenvalue weighted by atomic mass is 79.9. The van der Waals surface area contributed by atoms with Crippen molar-refractivity contribution in [3.05, 3.63) is 75.4 Å². The van der Waals surface area contributed by atoms with Gasteiger partial charge in [0.2, 0.25) is 0 Å². The van der Waals surface area contributed by atoms with E-state index >= 15 is 0 Å². The number of halogens is 1. The minimum absolute atomic E-state index is 0.244. The van der Waals surface area contributed by atoms with Crippen LogP contribution in [0.2, 0.25) is 0 Å². The Balaban J connectivity index is 1.60. The van der Waals surface area contributed by atoms with Gasteiger partial charge in [-0.05, 0) is 66.0 Å². The van der Waals surface area contributed by atoms with Gasteiger partial charge in [0.05, 0.1) is 30.0 Å². The molecule has 0 amide bonds. The second-order valence-electron chi connectivity index (χ2n) is 12.5. The zero-order valence-corrected chi connectivity index (χ0v) is 29.3. The van der Waals surface area contributed by atoms with Crippen molar-refractivity contribution in [3.8, 4) is 10.7 Å². The molecule has 1 aliphatic rings. The van der Waals surface area contributed by atoms with E-state index in [9.17, 15) is 4.79 Å². The molecule has 0 bridgehead atoms. The quantitative estimate of drug-likeness (QED) is 0.118. The molecule has 1 fully saturated rings. The molecule has 4 aromatic rings. The van der Waals surface area contributed by atoms with Gasteiger partial charge < -0.3 is 19.1 Å². The van der Waals surface area contributed by atoms with E-state index in [0.717, 1.165) is 45.1 Å². The molecule has 0 saturated carbocycles. The first-order valence-electron chi connectivity index (χ1n) is 15.3. The van der Waals surface area contributed by atoms with Crippen LogP contribution in [0, 0.1) is 6.92 Å². The number of carbonyl (C=O) groups excluding carboxylic acids is 1. The van der Waals surface area contributed by atoms with Gasteiger partial charge in [-0.3, -0.25) is 0 Å². The van der Waals surface area contributed by atoms with Gasteiger partial charge in [0, 0.05) is 46.8 Å². The number of hydrogen-bond acceptors (Lipinski definition) is 9. The maximum atomic E-state index is 13.5. The normalized spacial score (nSPS) is 15.8. The third-order valence-electron chi connectivity index (χ3n) is 7.80. The van der Waals surface area contributed by atoms with Gasteiger partial charge in [0.1, 0.15) is 16.5 Å². The van der Waals surface area contributed by atoms with Crippen molar-refractivity contribution in [2.75, 3.05) is 31.2 Å². The Bertz CT molecular complexity index is 1670. The predicted molar refractivity (Wildman–Crippen MR) is 182 cm³/mol. The van der Waals surface area contributed by atoms with E-state index in [1.165, 1.54) is 5.56 Å². The van der Waals surface area contributed by atoms with Crippen molar-refractivity contribution >= 4 is 44.7 Å². The number of thiazole rings is 1. The molecule has 11 heteroatoms. The Morgan fingerprint density at radius 3 is 2.64 bits per heavy atom. The third-order valence-corrected chi connectivity index (χ3v) is 9.60. The topological polar surface area (TPSA) is 91.1 Å². The largest absolute Gasteiger partial charge is 0.464 e. The fourth-order valence-electron chi connectivity index (χ4n) is 5.56. The molecule has 5 rings (SSSR count). The van der Waals surface area contributed by atoms with E-state index in [0.29, 0.717) is 36.6 Å². The summed E-state index contributed by atoms with van der Waals surface area (Å²) in [7, 11) is 0. The van der Waals surface area contributed by atoms with Crippen molar-refractivity contribution in [1.29, 1.82) is 0 Å². The minimum Gasteiger partial charge on any atom is -0.464 e. The summed E-state index contributed by atoms with van der Waals surface area (Å²) in [6, 6.07) is 10.2. The molecule has 45 heavy (non-hydrogen) atoms. The van der Waals surface area contributed by atoms with Crippen LogP contribution in [0.25, 0.3) is 16.3 Å². The van der Waals surface area contributed by atoms with Gasteiger partial charge in [0.25, 0.3) is 0 Å². The Kier molecular flexibility index (Phi) is 10.1. The van der Waals surface area contributed by atoms with E-state index in [-0.39, 0.29) is 12.2 Å². The molecule has 9 nitrogen and oxygen atoms in total. The minimum atomic E-state index is -0.981. The first kappa shape index (κ1) is 33.2. The molecule has 3 aromatic heterocycles. The summed E-state index contributed by atoms with van der Waals surface area (Å²) in [5.74, 6) is 0.333. The fraction of sp³-hybridized carbons (Fsp3) is 0.471. The first-order chi connectivity index (χ1) is 21.4. The summed E-state index contributed by atoms with van der Waals surface area (Å²) < 4.78 is 21.0. The van der Waals surface area contributed by atoms with Crippen LogP contribution in [0.5, 0.6) is 0 Å². The summed E-state index contributed by atoms with van der Waals surface area (Å²) in [4.78, 5) is 26.6. The summed E-state index contributed by atoms with van der Waals surface area (Å²) in [5, 5.41) is 5.88. The van der Waals surface area contributed by atoms with Crippen molar-refractivity contribution < 1.29 is 19.0 Å². The lowest BCUT2D eigenvalue weighted by Gasteiger charge is -2.41. The number of hydrogen-bond donors (Lipinski definition) is 0. The average molecular weight is 697 g/mol. The van der Waals surface area contributed by atoms with E-state index in [1.54, 1.807) is 24.3 Å². The number of rotatable bonds is 11. The number of aryl methyl sites for hydroxylation is 1. The van der Waals surface area contributed by atoms with E-state index in [2.05, 4.69) is 40.4 Å². The molecule has 0 aliphatic carbocycles. The van der Waals surface area contributed by atoms with Crippen LogP contribution >= 0.6 is 27.3 Å². The van der Waals surface area contributed by atoms with Crippen LogP contribution in [-0.2, 0) is 25.4 Å². The zero-order valence-electron chi connectivity index (χ0n) is 26.9. The number of nitrogens with zero attached hydrogens (tertiary/aromatic N) is 5. The summed E-state index contributed by atoms with van der Waals surface area (Å²) in [5.41, 5.74) is 3.07. The second-order valence-corrected chi connectivity index (χ2v) is 14.5. The molecule has 1 saturated heterocycles. The van der Waals surface area contributed by atoms with Crippen LogP contribution in [-0.4, -0.2) is 63.1 Å². The summed E-state index contributed by atoms with van der Waals surface area (Å²) >= 11 is 5.27. The number of benzene rings is 1. The number of piperidine rings is 1. The van der Waals surface area contributed by atoms with Crippen LogP contribution < -0.4 is 4.90 Å². The maximum Gasteiger partial charge on any atom is 0.340 e. The molecule has 1 unspecified atom stereocenters. The van der Waals surface area contributed by atoms with Crippen LogP contribution in [0.15, 0.2) is 53.7 Å². The highest BCUT2D eigenvalue weighted by Gasteiger charge is 2.38. The van der Waals surface area contributed by atoms with Gasteiger partial charge in [-0.2, -0.15) is 9.61 Å². The number of carbonyl (C=O) groups is 1. The highest BCUT2D eigenvalue weighted by molar-refractivity contribution is 9.10. The van der Waals surface area contributed by atoms with E-state index < -0.39 is 17.7 Å². The fourth-order valence-corrected chi connectivity index (χ4v) is 6.88. The van der Waals surface area contributed by atoms with Gasteiger partial charge >= 0.3 is 5.97 Å². The lowest BCUT2D eigenvalue weighted by Crippen LogP contribution is -2.45. The summed E-state index contributed by atoms with van der Waals surface area (Å²) in [6.07, 6.45) is 5.08. The zero-order chi connectivity index (χ0) is 32.4. The van der Waals surface area contributed by atoms with Crippen molar-refractivity contribution in [3.63, 3.8) is 0 Å². The van der Waals surface area contributed by atoms with E-state index in [1.807, 2.05) is 62.7 Å². The van der Waals surface area contributed by atoms with Crippen molar-refractivity contribution in [1.82, 2.24) is 19.6 Å². The molecule has 1 atom stereocenters. The number of ether oxygens (including phenoxy) is 3. The van der Waals surface area contributed by atoms with Crippen LogP contribution in [0.1, 0.15) is 75.3 Å². The standard InChI is InChI=1S/C34H42BrN5O4S/c1-8-18-43-34(7)14-16-39(17-15-34)31-28(29(32(41)42-9-2)44-33(4,5)6)22(3)37-27-20-26(38-40(27)31)30-36-21-24(45-30)19-23-12-10-11-13-25(23)35/h8,10-13,20-21,29H,1,9,14-19H2,2-7H3. The lowest BCUT2D eigenvalue weighted by molar-refractivity contribution is -0.166. The smallest absolute Gasteiger partial charge is 0.340 e. The molecule has 1 aromatic carbocycles. The molecule has 0 N–H and O–H groups in total. The molecule has 4 heterocycles. The van der Waals surface area contributed by atoms with Crippen LogP contribution in [0.3, 0.4) is 0 Å². The molecule has 0 radical (unpaired) electrons. The molecule has 240 valence electrons. The third kappa shape index (κ3) is 7.65. The van der Waals surface area contributed by atoms with Crippen LogP contribution in [0.4, 0.5) is 5.82 Å². The van der Waals surface area contributed by atoms with Crippen molar-refractivity contribution in [2.45, 2.75) is 78.1 Å². The SMILES string of the molecule is C=CCOC1(C)CCN(c2c(C(OC(C)(C)C)C(=O)OCC)c(C)nc3cc(-c4ncc(Cc5ccccc5Br)s4)nn23)CC1. The maximum absolute atomic E-state index is 13.5. The Morgan fingerprint density at radius 1 is 1.24 bits per heavy atom. The van der Waals surface area contributed by atoms with Gasteiger partial charge in [-0.1, -0.05) is 40.2 Å². The average Bonchev–Trinajstić information content (AvgIpc) is 3.63. The Labute approximate surface area is 277 Å².